The number of anilines is 1. The first-order chi connectivity index (χ1) is 13.0. The van der Waals surface area contributed by atoms with Crippen molar-refractivity contribution in [2.45, 2.75) is 18.6 Å². The molecule has 1 aliphatic heterocycles. The van der Waals surface area contributed by atoms with E-state index < -0.39 is 10.0 Å². The van der Waals surface area contributed by atoms with Crippen molar-refractivity contribution in [1.82, 2.24) is 4.72 Å². The summed E-state index contributed by atoms with van der Waals surface area (Å²) >= 11 is 6.04. The third-order valence-corrected chi connectivity index (χ3v) is 6.28. The molecular formula is C20H25ClN2O3S. The van der Waals surface area contributed by atoms with Gasteiger partial charge in [0.2, 0.25) is 10.0 Å². The second-order valence-corrected chi connectivity index (χ2v) is 8.83. The monoisotopic (exact) mass is 408 g/mol. The molecule has 2 aromatic rings. The van der Waals surface area contributed by atoms with E-state index in [-0.39, 0.29) is 5.75 Å². The van der Waals surface area contributed by atoms with Crippen molar-refractivity contribution in [2.75, 3.05) is 37.7 Å². The summed E-state index contributed by atoms with van der Waals surface area (Å²) in [4.78, 5) is 2.32. The normalized spacial score (nSPS) is 15.1. The molecule has 1 fully saturated rings. The molecule has 0 radical (unpaired) electrons. The number of morpholine rings is 1. The minimum absolute atomic E-state index is 0.0963. The van der Waals surface area contributed by atoms with Gasteiger partial charge in [0.25, 0.3) is 0 Å². The maximum Gasteiger partial charge on any atom is 0.215 e. The first-order valence-electron chi connectivity index (χ1n) is 9.16. The second-order valence-electron chi connectivity index (χ2n) is 6.61. The number of nitrogens with zero attached hydrogens (tertiary/aromatic N) is 1. The van der Waals surface area contributed by atoms with Crippen LogP contribution in [0.3, 0.4) is 0 Å². The van der Waals surface area contributed by atoms with Crippen LogP contribution in [0, 0.1) is 0 Å². The average Bonchev–Trinajstić information content (AvgIpc) is 2.68. The molecule has 3 rings (SSSR count). The van der Waals surface area contributed by atoms with Crippen molar-refractivity contribution >= 4 is 27.3 Å². The van der Waals surface area contributed by atoms with E-state index in [2.05, 4.69) is 33.9 Å². The Morgan fingerprint density at radius 3 is 2.44 bits per heavy atom. The van der Waals surface area contributed by atoms with Gasteiger partial charge in [-0.3, -0.25) is 0 Å². The van der Waals surface area contributed by atoms with E-state index in [9.17, 15) is 8.42 Å². The molecular weight excluding hydrogens is 384 g/mol. The molecule has 0 spiro atoms. The van der Waals surface area contributed by atoms with E-state index in [1.165, 1.54) is 11.3 Å². The van der Waals surface area contributed by atoms with E-state index in [0.29, 0.717) is 17.1 Å². The first kappa shape index (κ1) is 20.1. The van der Waals surface area contributed by atoms with Crippen LogP contribution in [-0.4, -0.2) is 41.3 Å². The Hall–Kier alpha value is -1.60. The van der Waals surface area contributed by atoms with Gasteiger partial charge in [0.1, 0.15) is 0 Å². The Bertz CT molecular complexity index is 835. The highest BCUT2D eigenvalue weighted by atomic mass is 35.5. The van der Waals surface area contributed by atoms with Gasteiger partial charge in [-0.15, -0.1) is 0 Å². The summed E-state index contributed by atoms with van der Waals surface area (Å²) in [5.74, 6) is -0.0963. The predicted molar refractivity (Wildman–Crippen MR) is 110 cm³/mol. The number of sulfonamides is 1. The highest BCUT2D eigenvalue weighted by Crippen LogP contribution is 2.18. The number of rotatable bonds is 8. The molecule has 0 unspecified atom stereocenters. The van der Waals surface area contributed by atoms with E-state index in [0.717, 1.165) is 39.1 Å². The van der Waals surface area contributed by atoms with Gasteiger partial charge in [-0.25, -0.2) is 13.1 Å². The number of hydrogen-bond acceptors (Lipinski definition) is 4. The molecule has 1 heterocycles. The smallest absolute Gasteiger partial charge is 0.215 e. The van der Waals surface area contributed by atoms with E-state index in [4.69, 9.17) is 16.3 Å². The van der Waals surface area contributed by atoms with Gasteiger partial charge in [0.05, 0.1) is 19.0 Å². The molecule has 1 aliphatic rings. The van der Waals surface area contributed by atoms with Crippen molar-refractivity contribution in [2.24, 2.45) is 0 Å². The topological polar surface area (TPSA) is 58.6 Å². The molecule has 0 saturated carbocycles. The fourth-order valence-corrected chi connectivity index (χ4v) is 4.59. The highest BCUT2D eigenvalue weighted by molar-refractivity contribution is 7.88. The summed E-state index contributed by atoms with van der Waals surface area (Å²) in [6.07, 6.45) is 1.58. The molecule has 27 heavy (non-hydrogen) atoms. The molecule has 0 amide bonds. The number of halogens is 1. The number of aryl methyl sites for hydroxylation is 1. The zero-order valence-corrected chi connectivity index (χ0v) is 16.8. The maximum absolute atomic E-state index is 12.2. The summed E-state index contributed by atoms with van der Waals surface area (Å²) in [7, 11) is -3.39. The van der Waals surface area contributed by atoms with Crippen molar-refractivity contribution in [3.63, 3.8) is 0 Å². The number of benzene rings is 2. The Kier molecular flexibility index (Phi) is 7.13. The van der Waals surface area contributed by atoms with Gasteiger partial charge in [-0.2, -0.15) is 0 Å². The fraction of sp³-hybridized carbons (Fsp3) is 0.400. The maximum atomic E-state index is 12.2. The van der Waals surface area contributed by atoms with Gasteiger partial charge in [0.15, 0.2) is 0 Å². The summed E-state index contributed by atoms with van der Waals surface area (Å²) < 4.78 is 32.4. The van der Waals surface area contributed by atoms with Gasteiger partial charge >= 0.3 is 0 Å². The van der Waals surface area contributed by atoms with Crippen LogP contribution in [0.4, 0.5) is 5.69 Å². The second kappa shape index (κ2) is 9.55. The molecule has 146 valence electrons. The lowest BCUT2D eigenvalue weighted by atomic mass is 10.1. The van der Waals surface area contributed by atoms with Crippen molar-refractivity contribution in [3.8, 4) is 0 Å². The Morgan fingerprint density at radius 2 is 1.74 bits per heavy atom. The Morgan fingerprint density at radius 1 is 1.04 bits per heavy atom. The number of hydrogen-bond donors (Lipinski definition) is 1. The van der Waals surface area contributed by atoms with Crippen LogP contribution in [0.2, 0.25) is 5.02 Å². The molecule has 0 atom stereocenters. The number of nitrogens with one attached hydrogen (secondary N) is 1. The molecule has 1 saturated heterocycles. The van der Waals surface area contributed by atoms with Crippen molar-refractivity contribution in [3.05, 3.63) is 64.7 Å². The van der Waals surface area contributed by atoms with Crippen LogP contribution >= 0.6 is 11.6 Å². The van der Waals surface area contributed by atoms with Crippen LogP contribution < -0.4 is 9.62 Å². The Balaban J connectivity index is 1.43. The predicted octanol–water partition coefficient (Wildman–Crippen LogP) is 3.23. The van der Waals surface area contributed by atoms with Gasteiger partial charge in [-0.05, 0) is 42.2 Å². The molecule has 0 aliphatic carbocycles. The molecule has 7 heteroatoms. The lowest BCUT2D eigenvalue weighted by Gasteiger charge is -2.28. The van der Waals surface area contributed by atoms with Crippen LogP contribution in [0.25, 0.3) is 0 Å². The van der Waals surface area contributed by atoms with Crippen molar-refractivity contribution < 1.29 is 13.2 Å². The van der Waals surface area contributed by atoms with E-state index >= 15 is 0 Å². The number of ether oxygens (including phenoxy) is 1. The van der Waals surface area contributed by atoms with Crippen LogP contribution in [0.1, 0.15) is 17.5 Å². The minimum Gasteiger partial charge on any atom is -0.378 e. The fourth-order valence-electron chi connectivity index (χ4n) is 3.09. The van der Waals surface area contributed by atoms with Gasteiger partial charge in [-0.1, -0.05) is 41.9 Å². The SMILES string of the molecule is O=S(=O)(Cc1ccccc1Cl)NCCCc1ccc(N2CCOCC2)cc1. The first-order valence-corrected chi connectivity index (χ1v) is 11.2. The standard InChI is InChI=1S/C20H25ClN2O3S/c21-20-6-2-1-5-18(20)16-27(24,25)22-11-3-4-17-7-9-19(10-8-17)23-12-14-26-15-13-23/h1-2,5-10,22H,3-4,11-16H2. The molecule has 5 nitrogen and oxygen atoms in total. The zero-order valence-electron chi connectivity index (χ0n) is 15.2. The van der Waals surface area contributed by atoms with Gasteiger partial charge in [0, 0.05) is 30.3 Å². The van der Waals surface area contributed by atoms with Crippen molar-refractivity contribution in [1.29, 1.82) is 0 Å². The average molecular weight is 409 g/mol. The highest BCUT2D eigenvalue weighted by Gasteiger charge is 2.13. The lowest BCUT2D eigenvalue weighted by Crippen LogP contribution is -2.36. The Labute approximate surface area is 166 Å². The zero-order chi connectivity index (χ0) is 19.1. The lowest BCUT2D eigenvalue weighted by molar-refractivity contribution is 0.122. The summed E-state index contributed by atoms with van der Waals surface area (Å²) in [6.45, 7) is 3.81. The molecule has 0 aromatic heterocycles. The molecule has 0 bridgehead atoms. The van der Waals surface area contributed by atoms with Crippen LogP contribution in [0.15, 0.2) is 48.5 Å². The minimum atomic E-state index is -3.39. The van der Waals surface area contributed by atoms with Crippen LogP contribution in [-0.2, 0) is 26.9 Å². The third-order valence-electron chi connectivity index (χ3n) is 4.58. The summed E-state index contributed by atoms with van der Waals surface area (Å²) in [5, 5.41) is 0.475. The molecule has 2 aromatic carbocycles. The quantitative estimate of drug-likeness (QED) is 0.681. The van der Waals surface area contributed by atoms with E-state index in [1.54, 1.807) is 24.3 Å². The summed E-state index contributed by atoms with van der Waals surface area (Å²) in [6, 6.07) is 15.5. The summed E-state index contributed by atoms with van der Waals surface area (Å²) in [5.41, 5.74) is 3.03. The largest absolute Gasteiger partial charge is 0.378 e. The molecule has 1 N–H and O–H groups in total. The van der Waals surface area contributed by atoms with Crippen LogP contribution in [0.5, 0.6) is 0 Å². The van der Waals surface area contributed by atoms with Gasteiger partial charge < -0.3 is 9.64 Å². The third kappa shape index (κ3) is 6.21. The van der Waals surface area contributed by atoms with E-state index in [1.807, 2.05) is 0 Å².